The van der Waals surface area contributed by atoms with Gasteiger partial charge in [0.25, 0.3) is 5.91 Å². The summed E-state index contributed by atoms with van der Waals surface area (Å²) in [6.45, 7) is 2.28. The summed E-state index contributed by atoms with van der Waals surface area (Å²) >= 11 is 5.79. The predicted octanol–water partition coefficient (Wildman–Crippen LogP) is 1.94. The molecule has 84 valence electrons. The molecule has 1 N–H and O–H groups in total. The van der Waals surface area contributed by atoms with E-state index >= 15 is 0 Å². The van der Waals surface area contributed by atoms with E-state index in [1.54, 1.807) is 6.07 Å². The number of nitrogens with one attached hydrogen (secondary N) is 1. The van der Waals surface area contributed by atoms with Crippen LogP contribution in [-0.2, 0) is 6.42 Å². The summed E-state index contributed by atoms with van der Waals surface area (Å²) in [6.07, 6.45) is 1.02. The van der Waals surface area contributed by atoms with Crippen LogP contribution in [0.25, 0.3) is 0 Å². The van der Waals surface area contributed by atoms with Crippen LogP contribution in [0.4, 0.5) is 0 Å². The van der Waals surface area contributed by atoms with Gasteiger partial charge in [0.05, 0.1) is 12.5 Å². The average molecular weight is 238 g/mol. The molecular weight excluding hydrogens is 226 g/mol. The lowest BCUT2D eigenvalue weighted by Gasteiger charge is -2.05. The minimum Gasteiger partial charge on any atom is -0.351 e. The van der Waals surface area contributed by atoms with Gasteiger partial charge in [0.2, 0.25) is 0 Å². The molecule has 1 aromatic heterocycles. The van der Waals surface area contributed by atoms with Gasteiger partial charge in [-0.15, -0.1) is 0 Å². The Balaban J connectivity index is 2.75. The van der Waals surface area contributed by atoms with Crippen LogP contribution in [0.5, 0.6) is 0 Å². The molecule has 0 atom stereocenters. The van der Waals surface area contributed by atoms with Gasteiger partial charge in [-0.25, -0.2) is 4.98 Å². The molecule has 0 aliphatic heterocycles. The van der Waals surface area contributed by atoms with Crippen molar-refractivity contribution < 1.29 is 4.79 Å². The Morgan fingerprint density at radius 3 is 3.00 bits per heavy atom. The minimum atomic E-state index is -0.228. The van der Waals surface area contributed by atoms with Crippen molar-refractivity contribution in [1.82, 2.24) is 10.3 Å². The second-order valence-electron chi connectivity index (χ2n) is 3.19. The van der Waals surface area contributed by atoms with E-state index in [1.807, 2.05) is 13.0 Å². The van der Waals surface area contributed by atoms with Gasteiger partial charge in [-0.2, -0.15) is 5.26 Å². The molecule has 5 heteroatoms. The van der Waals surface area contributed by atoms with E-state index in [0.29, 0.717) is 23.7 Å². The first-order valence-corrected chi connectivity index (χ1v) is 5.36. The Bertz CT molecular complexity index is 426. The number of nitrogens with zero attached hydrogens (tertiary/aromatic N) is 2. The number of halogens is 1. The number of amides is 1. The van der Waals surface area contributed by atoms with Crippen molar-refractivity contribution in [3.63, 3.8) is 0 Å². The standard InChI is InChI=1S/C11H12ClN3O/c1-2-9-6-8(7-10(12)15-9)11(16)14-5-3-4-13/h6-7H,2-3,5H2,1H3,(H,14,16). The maximum Gasteiger partial charge on any atom is 0.251 e. The smallest absolute Gasteiger partial charge is 0.251 e. The van der Waals surface area contributed by atoms with Gasteiger partial charge >= 0.3 is 0 Å². The van der Waals surface area contributed by atoms with E-state index < -0.39 is 0 Å². The number of aryl methyl sites for hydroxylation is 1. The molecule has 0 aliphatic rings. The van der Waals surface area contributed by atoms with Crippen LogP contribution in [0.1, 0.15) is 29.4 Å². The first kappa shape index (κ1) is 12.5. The van der Waals surface area contributed by atoms with Gasteiger partial charge in [0.1, 0.15) is 5.15 Å². The molecule has 0 bridgehead atoms. The summed E-state index contributed by atoms with van der Waals surface area (Å²) in [5.41, 5.74) is 1.26. The van der Waals surface area contributed by atoms with Gasteiger partial charge in [-0.1, -0.05) is 18.5 Å². The van der Waals surface area contributed by atoms with Gasteiger partial charge in [-0.3, -0.25) is 4.79 Å². The normalized spacial score (nSPS) is 9.56. The number of hydrogen-bond acceptors (Lipinski definition) is 3. The average Bonchev–Trinajstić information content (AvgIpc) is 2.28. The molecular formula is C11H12ClN3O. The maximum atomic E-state index is 11.6. The summed E-state index contributed by atoms with van der Waals surface area (Å²) in [4.78, 5) is 15.7. The highest BCUT2D eigenvalue weighted by Crippen LogP contribution is 2.11. The molecule has 4 nitrogen and oxygen atoms in total. The molecule has 0 saturated heterocycles. The number of hydrogen-bond donors (Lipinski definition) is 1. The molecule has 1 rings (SSSR count). The van der Waals surface area contributed by atoms with Crippen LogP contribution in [-0.4, -0.2) is 17.4 Å². The third-order valence-electron chi connectivity index (χ3n) is 1.99. The fourth-order valence-corrected chi connectivity index (χ4v) is 1.42. The van der Waals surface area contributed by atoms with Crippen molar-refractivity contribution in [2.75, 3.05) is 6.54 Å². The predicted molar refractivity (Wildman–Crippen MR) is 61.2 cm³/mol. The van der Waals surface area contributed by atoms with E-state index in [4.69, 9.17) is 16.9 Å². The van der Waals surface area contributed by atoms with E-state index in [1.165, 1.54) is 6.07 Å². The summed E-state index contributed by atoms with van der Waals surface area (Å²) in [7, 11) is 0. The molecule has 0 aromatic carbocycles. The molecule has 0 aliphatic carbocycles. The number of nitriles is 1. The molecule has 1 aromatic rings. The van der Waals surface area contributed by atoms with E-state index in [-0.39, 0.29) is 5.91 Å². The fourth-order valence-electron chi connectivity index (χ4n) is 1.20. The maximum absolute atomic E-state index is 11.6. The van der Waals surface area contributed by atoms with Crippen LogP contribution < -0.4 is 5.32 Å². The third kappa shape index (κ3) is 3.52. The number of carbonyl (C=O) groups is 1. The number of carbonyl (C=O) groups excluding carboxylic acids is 1. The Morgan fingerprint density at radius 1 is 1.62 bits per heavy atom. The molecule has 0 saturated carbocycles. The monoisotopic (exact) mass is 237 g/mol. The Hall–Kier alpha value is -1.60. The van der Waals surface area contributed by atoms with Crippen molar-refractivity contribution in [3.8, 4) is 6.07 Å². The zero-order chi connectivity index (χ0) is 12.0. The Morgan fingerprint density at radius 2 is 2.38 bits per heavy atom. The SMILES string of the molecule is CCc1cc(C(=O)NCCC#N)cc(Cl)n1. The lowest BCUT2D eigenvalue weighted by atomic mass is 10.2. The van der Waals surface area contributed by atoms with Crippen LogP contribution >= 0.6 is 11.6 Å². The number of rotatable bonds is 4. The summed E-state index contributed by atoms with van der Waals surface area (Å²) in [5.74, 6) is -0.228. The van der Waals surface area contributed by atoms with Crippen molar-refractivity contribution in [3.05, 3.63) is 28.5 Å². The highest BCUT2D eigenvalue weighted by Gasteiger charge is 2.07. The second-order valence-corrected chi connectivity index (χ2v) is 3.57. The van der Waals surface area contributed by atoms with Crippen LogP contribution in [0.15, 0.2) is 12.1 Å². The highest BCUT2D eigenvalue weighted by molar-refractivity contribution is 6.29. The fraction of sp³-hybridized carbons (Fsp3) is 0.364. The van der Waals surface area contributed by atoms with Crippen LogP contribution in [0, 0.1) is 11.3 Å². The third-order valence-corrected chi connectivity index (χ3v) is 2.19. The number of aromatic nitrogens is 1. The topological polar surface area (TPSA) is 65.8 Å². The highest BCUT2D eigenvalue weighted by atomic mass is 35.5. The summed E-state index contributed by atoms with van der Waals surface area (Å²) < 4.78 is 0. The lowest BCUT2D eigenvalue weighted by Crippen LogP contribution is -2.24. The molecule has 0 radical (unpaired) electrons. The largest absolute Gasteiger partial charge is 0.351 e. The molecule has 16 heavy (non-hydrogen) atoms. The van der Waals surface area contributed by atoms with Gasteiger partial charge in [-0.05, 0) is 18.6 Å². The number of pyridine rings is 1. The van der Waals surface area contributed by atoms with Gasteiger partial charge in [0, 0.05) is 17.8 Å². The molecule has 0 unspecified atom stereocenters. The van der Waals surface area contributed by atoms with Gasteiger partial charge < -0.3 is 5.32 Å². The second kappa shape index (κ2) is 6.09. The van der Waals surface area contributed by atoms with Crippen LogP contribution in [0.3, 0.4) is 0 Å². The Kier molecular flexibility index (Phi) is 4.74. The molecule has 0 spiro atoms. The summed E-state index contributed by atoms with van der Waals surface area (Å²) in [6, 6.07) is 5.17. The van der Waals surface area contributed by atoms with Gasteiger partial charge in [0.15, 0.2) is 0 Å². The first-order valence-electron chi connectivity index (χ1n) is 4.99. The minimum absolute atomic E-state index is 0.228. The van der Waals surface area contributed by atoms with E-state index in [9.17, 15) is 4.79 Å². The van der Waals surface area contributed by atoms with E-state index in [2.05, 4.69) is 10.3 Å². The van der Waals surface area contributed by atoms with Crippen molar-refractivity contribution >= 4 is 17.5 Å². The zero-order valence-electron chi connectivity index (χ0n) is 8.96. The molecule has 0 fully saturated rings. The lowest BCUT2D eigenvalue weighted by molar-refractivity contribution is 0.0954. The van der Waals surface area contributed by atoms with Crippen molar-refractivity contribution in [2.45, 2.75) is 19.8 Å². The molecule has 1 heterocycles. The Labute approximate surface area is 99.2 Å². The molecule has 1 amide bonds. The first-order chi connectivity index (χ1) is 7.67. The van der Waals surface area contributed by atoms with Crippen molar-refractivity contribution in [1.29, 1.82) is 5.26 Å². The summed E-state index contributed by atoms with van der Waals surface area (Å²) in [5, 5.41) is 11.3. The van der Waals surface area contributed by atoms with Crippen molar-refractivity contribution in [2.24, 2.45) is 0 Å². The quantitative estimate of drug-likeness (QED) is 0.643. The van der Waals surface area contributed by atoms with Crippen LogP contribution in [0.2, 0.25) is 5.15 Å². The van der Waals surface area contributed by atoms with E-state index in [0.717, 1.165) is 12.1 Å². The zero-order valence-corrected chi connectivity index (χ0v) is 9.71.